The van der Waals surface area contributed by atoms with Crippen LogP contribution in [0.5, 0.6) is 0 Å². The largest absolute Gasteiger partial charge is 0.463 e. The zero-order valence-electron chi connectivity index (χ0n) is 22.0. The van der Waals surface area contributed by atoms with Crippen molar-refractivity contribution in [2.45, 2.75) is 50.7 Å². The summed E-state index contributed by atoms with van der Waals surface area (Å²) in [6.07, 6.45) is 1.01. The van der Waals surface area contributed by atoms with Crippen molar-refractivity contribution < 1.29 is 32.4 Å². The number of para-hydroxylation sites is 1. The highest BCUT2D eigenvalue weighted by molar-refractivity contribution is 7.89. The van der Waals surface area contributed by atoms with E-state index in [-0.39, 0.29) is 35.7 Å². The molecule has 1 aliphatic rings. The van der Waals surface area contributed by atoms with Gasteiger partial charge in [0.25, 0.3) is 5.69 Å². The highest BCUT2D eigenvalue weighted by Gasteiger charge is 2.39. The number of nitrogens with zero attached hydrogens (tertiary/aromatic N) is 3. The zero-order chi connectivity index (χ0) is 28.5. The first-order valence-corrected chi connectivity index (χ1v) is 13.7. The number of hydrogen-bond acceptors (Lipinski definition) is 8. The molecule has 12 heteroatoms. The maximum absolute atomic E-state index is 14.0. The van der Waals surface area contributed by atoms with Crippen LogP contribution in [0.4, 0.5) is 10.5 Å². The highest BCUT2D eigenvalue weighted by atomic mass is 32.2. The molecular weight excluding hydrogens is 526 g/mol. The van der Waals surface area contributed by atoms with Crippen LogP contribution in [0.15, 0.2) is 71.1 Å². The Bertz CT molecular complexity index is 1570. The van der Waals surface area contributed by atoms with E-state index in [9.17, 15) is 28.1 Å². The van der Waals surface area contributed by atoms with E-state index in [0.29, 0.717) is 16.6 Å². The first kappa shape index (κ1) is 28.0. The van der Waals surface area contributed by atoms with E-state index in [2.05, 4.69) is 0 Å². The lowest BCUT2D eigenvalue weighted by atomic mass is 10.0. The van der Waals surface area contributed by atoms with Crippen LogP contribution in [0.1, 0.15) is 45.9 Å². The summed E-state index contributed by atoms with van der Waals surface area (Å²) < 4.78 is 41.2. The van der Waals surface area contributed by atoms with E-state index in [1.165, 1.54) is 4.57 Å². The first-order chi connectivity index (χ1) is 18.3. The van der Waals surface area contributed by atoms with Gasteiger partial charge >= 0.3 is 12.1 Å². The summed E-state index contributed by atoms with van der Waals surface area (Å²) in [6.45, 7) is 6.64. The Kier molecular flexibility index (Phi) is 7.62. The lowest BCUT2D eigenvalue weighted by Crippen LogP contribution is -2.41. The van der Waals surface area contributed by atoms with Crippen LogP contribution in [0, 0.1) is 10.1 Å². The molecule has 1 atom stereocenters. The van der Waals surface area contributed by atoms with Crippen LogP contribution in [0.25, 0.3) is 10.9 Å². The van der Waals surface area contributed by atoms with Crippen LogP contribution < -0.4 is 0 Å². The normalized spacial score (nSPS) is 16.5. The summed E-state index contributed by atoms with van der Waals surface area (Å²) in [4.78, 5) is 36.3. The quantitative estimate of drug-likeness (QED) is 0.236. The molecule has 1 aromatic heterocycles. The number of sulfonamides is 1. The highest BCUT2D eigenvalue weighted by Crippen LogP contribution is 2.38. The van der Waals surface area contributed by atoms with Gasteiger partial charge in [0.1, 0.15) is 5.60 Å². The van der Waals surface area contributed by atoms with Crippen LogP contribution in [-0.2, 0) is 24.3 Å². The van der Waals surface area contributed by atoms with Crippen LogP contribution >= 0.6 is 0 Å². The van der Waals surface area contributed by atoms with Gasteiger partial charge in [0.2, 0.25) is 10.0 Å². The maximum Gasteiger partial charge on any atom is 0.419 e. The molecule has 2 heterocycles. The molecule has 1 aliphatic heterocycles. The number of rotatable bonds is 6. The molecule has 3 aromatic rings. The Hall–Kier alpha value is -4.03. The molecular formula is C27H29N3O8S. The van der Waals surface area contributed by atoms with Gasteiger partial charge < -0.3 is 9.47 Å². The summed E-state index contributed by atoms with van der Waals surface area (Å²) in [6, 6.07) is 12.4. The number of hydrogen-bond donors (Lipinski definition) is 0. The Labute approximate surface area is 225 Å². The number of aromatic nitrogens is 1. The summed E-state index contributed by atoms with van der Waals surface area (Å²) in [5.41, 5.74) is -0.0298. The van der Waals surface area contributed by atoms with Crippen molar-refractivity contribution in [1.29, 1.82) is 0 Å². The zero-order valence-corrected chi connectivity index (χ0v) is 22.8. The average molecular weight is 556 g/mol. The van der Waals surface area contributed by atoms with Crippen molar-refractivity contribution in [2.24, 2.45) is 0 Å². The molecule has 39 heavy (non-hydrogen) atoms. The number of non-ortho nitro benzene ring substituents is 1. The summed E-state index contributed by atoms with van der Waals surface area (Å²) in [7, 11) is -4.30. The third kappa shape index (κ3) is 5.71. The molecule has 0 bridgehead atoms. The van der Waals surface area contributed by atoms with Gasteiger partial charge in [-0.2, -0.15) is 4.31 Å². The number of nitro groups is 1. The molecule has 0 radical (unpaired) electrons. The van der Waals surface area contributed by atoms with Gasteiger partial charge in [-0.1, -0.05) is 24.3 Å². The fourth-order valence-corrected chi connectivity index (χ4v) is 6.00. The molecule has 2 aromatic carbocycles. The minimum absolute atomic E-state index is 0.0689. The van der Waals surface area contributed by atoms with E-state index in [0.717, 1.165) is 28.6 Å². The minimum Gasteiger partial charge on any atom is -0.463 e. The monoisotopic (exact) mass is 555 g/mol. The second-order valence-electron chi connectivity index (χ2n) is 9.95. The van der Waals surface area contributed by atoms with Crippen molar-refractivity contribution in [2.75, 3.05) is 13.2 Å². The van der Waals surface area contributed by atoms with Gasteiger partial charge in [0, 0.05) is 35.3 Å². The standard InChI is InChI=1S/C27H29N3O8S/c1-5-37-25(31)19-10-15-23(28(17-19)39(35,36)21-13-11-20(12-14-21)30(33)34)24-16-18-8-6-7-9-22(18)29(24)26(32)38-27(2,3)4/h6-14,16,23H,5,15,17H2,1-4H3. The van der Waals surface area contributed by atoms with E-state index in [1.54, 1.807) is 64.1 Å². The minimum atomic E-state index is -4.30. The second kappa shape index (κ2) is 10.6. The first-order valence-electron chi connectivity index (χ1n) is 12.3. The molecule has 0 amide bonds. The Morgan fingerprint density at radius 2 is 1.77 bits per heavy atom. The summed E-state index contributed by atoms with van der Waals surface area (Å²) in [5.74, 6) is -0.646. The lowest BCUT2D eigenvalue weighted by molar-refractivity contribution is -0.384. The smallest absolute Gasteiger partial charge is 0.419 e. The van der Waals surface area contributed by atoms with Gasteiger partial charge in [0.05, 0.1) is 28.0 Å². The fraction of sp³-hybridized carbons (Fsp3) is 0.333. The number of carbonyl (C=O) groups is 2. The second-order valence-corrected chi connectivity index (χ2v) is 11.8. The number of esters is 1. The van der Waals surface area contributed by atoms with Crippen molar-refractivity contribution >= 4 is 38.7 Å². The Balaban J connectivity index is 1.88. The fourth-order valence-electron chi connectivity index (χ4n) is 4.41. The predicted molar refractivity (Wildman–Crippen MR) is 143 cm³/mol. The van der Waals surface area contributed by atoms with Gasteiger partial charge in [-0.3, -0.25) is 10.1 Å². The van der Waals surface area contributed by atoms with Crippen LogP contribution in [0.3, 0.4) is 0 Å². The van der Waals surface area contributed by atoms with Gasteiger partial charge in [0.15, 0.2) is 0 Å². The third-order valence-corrected chi connectivity index (χ3v) is 7.98. The molecule has 0 spiro atoms. The lowest BCUT2D eigenvalue weighted by Gasteiger charge is -2.34. The molecule has 0 aliphatic carbocycles. The number of fused-ring (bicyclic) bond motifs is 1. The van der Waals surface area contributed by atoms with E-state index in [4.69, 9.17) is 9.47 Å². The Morgan fingerprint density at radius 1 is 1.10 bits per heavy atom. The number of benzene rings is 2. The van der Waals surface area contributed by atoms with Crippen LogP contribution in [-0.4, -0.2) is 53.0 Å². The number of nitro benzene ring substituents is 1. The van der Waals surface area contributed by atoms with E-state index < -0.39 is 38.7 Å². The van der Waals surface area contributed by atoms with E-state index >= 15 is 0 Å². The van der Waals surface area contributed by atoms with Gasteiger partial charge in [-0.15, -0.1) is 0 Å². The maximum atomic E-state index is 14.0. The molecule has 206 valence electrons. The van der Waals surface area contributed by atoms with Crippen molar-refractivity contribution in [3.8, 4) is 0 Å². The third-order valence-electron chi connectivity index (χ3n) is 6.11. The number of ether oxygens (including phenoxy) is 2. The molecule has 11 nitrogen and oxygen atoms in total. The van der Waals surface area contributed by atoms with Crippen molar-refractivity contribution in [3.05, 3.63) is 82.1 Å². The predicted octanol–water partition coefficient (Wildman–Crippen LogP) is 4.96. The molecule has 1 unspecified atom stereocenters. The molecule has 4 rings (SSSR count). The number of carbonyl (C=O) groups excluding carboxylic acids is 2. The molecule has 0 N–H and O–H groups in total. The van der Waals surface area contributed by atoms with Crippen molar-refractivity contribution in [3.63, 3.8) is 0 Å². The molecule has 0 fully saturated rings. The van der Waals surface area contributed by atoms with E-state index in [1.807, 2.05) is 0 Å². The SMILES string of the molecule is CCOC(=O)C1=CCC(c2cc3ccccc3n2C(=O)OC(C)(C)C)N(S(=O)(=O)c2ccc([N+](=O)[O-])cc2)C1. The van der Waals surface area contributed by atoms with Gasteiger partial charge in [-0.05, 0) is 58.4 Å². The summed E-state index contributed by atoms with van der Waals surface area (Å²) in [5, 5.41) is 11.8. The topological polar surface area (TPSA) is 138 Å². The Morgan fingerprint density at radius 3 is 2.38 bits per heavy atom. The molecule has 0 saturated carbocycles. The summed E-state index contributed by atoms with van der Waals surface area (Å²) >= 11 is 0. The van der Waals surface area contributed by atoms with Gasteiger partial charge in [-0.25, -0.2) is 22.6 Å². The average Bonchev–Trinajstić information content (AvgIpc) is 3.27. The van der Waals surface area contributed by atoms with Crippen LogP contribution in [0.2, 0.25) is 0 Å². The molecule has 0 saturated heterocycles. The van der Waals surface area contributed by atoms with Crippen molar-refractivity contribution in [1.82, 2.24) is 8.87 Å².